The molecule has 3 aromatic carbocycles. The second-order valence-electron chi connectivity index (χ2n) is 6.85. The molecule has 0 saturated heterocycles. The maximum Gasteiger partial charge on any atom is 0.221 e. The van der Waals surface area contributed by atoms with E-state index in [-0.39, 0.29) is 11.0 Å². The molecule has 7 heteroatoms. The number of anilines is 1. The number of nitrogens with zero attached hydrogens (tertiary/aromatic N) is 3. The van der Waals surface area contributed by atoms with Crippen LogP contribution in [0.3, 0.4) is 0 Å². The molecule has 1 heterocycles. The molecule has 2 N–H and O–H groups in total. The lowest BCUT2D eigenvalue weighted by molar-refractivity contribution is 0.429. The molecule has 0 aliphatic carbocycles. The van der Waals surface area contributed by atoms with Crippen LogP contribution in [0.15, 0.2) is 87.5 Å². The fourth-order valence-electron chi connectivity index (χ4n) is 3.27. The predicted octanol–water partition coefficient (Wildman–Crippen LogP) is 6.95. The highest BCUT2D eigenvalue weighted by atomic mass is 79.9. The Labute approximate surface area is 188 Å². The molecule has 0 atom stereocenters. The van der Waals surface area contributed by atoms with Crippen LogP contribution in [0, 0.1) is 6.92 Å². The van der Waals surface area contributed by atoms with Gasteiger partial charge in [0.1, 0.15) is 0 Å². The lowest BCUT2D eigenvalue weighted by Crippen LogP contribution is -2.06. The lowest BCUT2D eigenvalue weighted by Gasteiger charge is -2.07. The van der Waals surface area contributed by atoms with E-state index in [1.165, 1.54) is 0 Å². The minimum Gasteiger partial charge on any atom is -0.493 e. The number of fused-ring (bicyclic) bond motifs is 1. The van der Waals surface area contributed by atoms with Crippen molar-refractivity contribution >= 4 is 55.5 Å². The fourth-order valence-corrected chi connectivity index (χ4v) is 3.78. The minimum absolute atomic E-state index is 0.0504. The van der Waals surface area contributed by atoms with Crippen LogP contribution >= 0.6 is 28.1 Å². The van der Waals surface area contributed by atoms with Gasteiger partial charge in [0, 0.05) is 15.5 Å². The molecule has 0 radical (unpaired) electrons. The summed E-state index contributed by atoms with van der Waals surface area (Å²) in [4.78, 5) is 0. The SMILES string of the molecule is Cc1ccccc1NC(=S)N=Nc1c(O)n(Cc2ccccc2)c2ccc(Br)cc12. The first-order valence-electron chi connectivity index (χ1n) is 9.36. The van der Waals surface area contributed by atoms with E-state index in [0.717, 1.165) is 32.2 Å². The van der Waals surface area contributed by atoms with Gasteiger partial charge in [-0.15, -0.1) is 10.2 Å². The van der Waals surface area contributed by atoms with Gasteiger partial charge >= 0.3 is 0 Å². The van der Waals surface area contributed by atoms with Crippen LogP contribution in [0.5, 0.6) is 5.88 Å². The van der Waals surface area contributed by atoms with E-state index >= 15 is 0 Å². The quantitative estimate of drug-likeness (QED) is 0.246. The summed E-state index contributed by atoms with van der Waals surface area (Å²) in [6, 6.07) is 23.6. The second-order valence-corrected chi connectivity index (χ2v) is 8.15. The number of hydrogen-bond donors (Lipinski definition) is 2. The molecule has 0 unspecified atom stereocenters. The third kappa shape index (κ3) is 4.27. The van der Waals surface area contributed by atoms with Crippen molar-refractivity contribution in [2.45, 2.75) is 13.5 Å². The highest BCUT2D eigenvalue weighted by Gasteiger charge is 2.17. The minimum atomic E-state index is 0.0504. The fraction of sp³-hybridized carbons (Fsp3) is 0.0870. The molecule has 0 saturated carbocycles. The zero-order valence-electron chi connectivity index (χ0n) is 16.2. The van der Waals surface area contributed by atoms with Gasteiger partial charge in [-0.1, -0.05) is 64.5 Å². The summed E-state index contributed by atoms with van der Waals surface area (Å²) in [6.45, 7) is 2.51. The number of benzene rings is 3. The van der Waals surface area contributed by atoms with Gasteiger partial charge in [-0.05, 0) is 54.5 Å². The number of thiocarbonyl (C=S) groups is 1. The zero-order valence-corrected chi connectivity index (χ0v) is 18.6. The van der Waals surface area contributed by atoms with E-state index in [4.69, 9.17) is 12.2 Å². The maximum atomic E-state index is 10.9. The van der Waals surface area contributed by atoms with Crippen LogP contribution < -0.4 is 5.32 Å². The Morgan fingerprint density at radius 1 is 1.07 bits per heavy atom. The molecule has 0 aliphatic heterocycles. The Kier molecular flexibility index (Phi) is 5.92. The molecular weight excluding hydrogens is 460 g/mol. The smallest absolute Gasteiger partial charge is 0.221 e. The van der Waals surface area contributed by atoms with Crippen molar-refractivity contribution < 1.29 is 5.11 Å². The van der Waals surface area contributed by atoms with E-state index in [0.29, 0.717) is 12.2 Å². The molecule has 150 valence electrons. The Morgan fingerprint density at radius 2 is 1.80 bits per heavy atom. The van der Waals surface area contributed by atoms with Gasteiger partial charge in [0.2, 0.25) is 11.0 Å². The van der Waals surface area contributed by atoms with Crippen molar-refractivity contribution in [3.63, 3.8) is 0 Å². The average Bonchev–Trinajstić information content (AvgIpc) is 2.99. The number of hydrogen-bond acceptors (Lipinski definition) is 3. The predicted molar refractivity (Wildman–Crippen MR) is 129 cm³/mol. The Hall–Kier alpha value is -3.03. The number of aromatic hydroxyl groups is 1. The summed E-state index contributed by atoms with van der Waals surface area (Å²) in [6.07, 6.45) is 0. The zero-order chi connectivity index (χ0) is 21.1. The van der Waals surface area contributed by atoms with Crippen LogP contribution in [0.1, 0.15) is 11.1 Å². The van der Waals surface area contributed by atoms with Crippen LogP contribution in [0.4, 0.5) is 11.4 Å². The Morgan fingerprint density at radius 3 is 2.57 bits per heavy atom. The maximum absolute atomic E-state index is 10.9. The normalized spacial score (nSPS) is 11.3. The third-order valence-electron chi connectivity index (χ3n) is 4.78. The molecular formula is C23H19BrN4OS. The lowest BCUT2D eigenvalue weighted by atomic mass is 10.2. The van der Waals surface area contributed by atoms with Gasteiger partial charge in [0.25, 0.3) is 0 Å². The van der Waals surface area contributed by atoms with Crippen molar-refractivity contribution in [1.82, 2.24) is 4.57 Å². The van der Waals surface area contributed by atoms with Crippen molar-refractivity contribution in [2.24, 2.45) is 10.2 Å². The number of aromatic nitrogens is 1. The molecule has 4 rings (SSSR count). The molecule has 30 heavy (non-hydrogen) atoms. The first kappa shape index (κ1) is 20.3. The van der Waals surface area contributed by atoms with Crippen LogP contribution in [0.25, 0.3) is 10.9 Å². The first-order valence-corrected chi connectivity index (χ1v) is 10.6. The van der Waals surface area contributed by atoms with Gasteiger partial charge in [0.15, 0.2) is 5.69 Å². The summed E-state index contributed by atoms with van der Waals surface area (Å²) in [7, 11) is 0. The largest absolute Gasteiger partial charge is 0.493 e. The van der Waals surface area contributed by atoms with Gasteiger partial charge in [-0.3, -0.25) is 0 Å². The monoisotopic (exact) mass is 478 g/mol. The molecule has 0 spiro atoms. The number of rotatable bonds is 4. The molecule has 0 bridgehead atoms. The van der Waals surface area contributed by atoms with Crippen molar-refractivity contribution in [3.05, 3.63) is 88.4 Å². The number of halogens is 1. The summed E-state index contributed by atoms with van der Waals surface area (Å²) in [5.74, 6) is 0.0504. The van der Waals surface area contributed by atoms with Crippen LogP contribution in [-0.4, -0.2) is 14.8 Å². The second kappa shape index (κ2) is 8.77. The molecule has 4 aromatic rings. The summed E-state index contributed by atoms with van der Waals surface area (Å²) >= 11 is 8.83. The van der Waals surface area contributed by atoms with Crippen molar-refractivity contribution in [3.8, 4) is 5.88 Å². The van der Waals surface area contributed by atoms with Crippen molar-refractivity contribution in [1.29, 1.82) is 0 Å². The molecule has 1 aromatic heterocycles. The number of nitrogens with one attached hydrogen (secondary N) is 1. The summed E-state index contributed by atoms with van der Waals surface area (Å²) in [5, 5.41) is 23.5. The molecule has 5 nitrogen and oxygen atoms in total. The number of aryl methyl sites for hydroxylation is 1. The first-order chi connectivity index (χ1) is 14.5. The number of para-hydroxylation sites is 1. The van der Waals surface area contributed by atoms with Crippen LogP contribution in [-0.2, 0) is 6.54 Å². The summed E-state index contributed by atoms with van der Waals surface area (Å²) in [5.41, 5.74) is 4.26. The summed E-state index contributed by atoms with van der Waals surface area (Å²) < 4.78 is 2.72. The Balaban J connectivity index is 1.69. The topological polar surface area (TPSA) is 61.9 Å². The highest BCUT2D eigenvalue weighted by molar-refractivity contribution is 9.10. The molecule has 0 aliphatic rings. The van der Waals surface area contributed by atoms with Crippen LogP contribution in [0.2, 0.25) is 0 Å². The highest BCUT2D eigenvalue weighted by Crippen LogP contribution is 2.40. The molecule has 0 fully saturated rings. The van der Waals surface area contributed by atoms with E-state index in [1.807, 2.05) is 84.3 Å². The van der Waals surface area contributed by atoms with Crippen molar-refractivity contribution in [2.75, 3.05) is 5.32 Å². The van der Waals surface area contributed by atoms with Gasteiger partial charge in [-0.2, -0.15) is 0 Å². The Bertz CT molecular complexity index is 1250. The third-order valence-corrected chi connectivity index (χ3v) is 5.46. The molecule has 0 amide bonds. The van der Waals surface area contributed by atoms with E-state index in [2.05, 4.69) is 31.5 Å². The number of azo groups is 1. The standard InChI is InChI=1S/C23H19BrN4OS/c1-15-7-5-6-10-19(15)25-23(30)27-26-21-18-13-17(24)11-12-20(18)28(22(21)29)14-16-8-3-2-4-9-16/h2-13,29H,14H2,1H3,(H,25,30). The van der Waals surface area contributed by atoms with E-state index in [1.54, 1.807) is 0 Å². The van der Waals surface area contributed by atoms with Gasteiger partial charge < -0.3 is 15.0 Å². The van der Waals surface area contributed by atoms with E-state index in [9.17, 15) is 5.11 Å². The average molecular weight is 479 g/mol. The van der Waals surface area contributed by atoms with Gasteiger partial charge in [0.05, 0.1) is 12.1 Å². The van der Waals surface area contributed by atoms with E-state index < -0.39 is 0 Å². The van der Waals surface area contributed by atoms with Gasteiger partial charge in [-0.25, -0.2) is 0 Å².